The van der Waals surface area contributed by atoms with E-state index in [1.165, 1.54) is 5.56 Å². The Morgan fingerprint density at radius 2 is 1.90 bits per heavy atom. The topological polar surface area (TPSA) is 41.5 Å². The van der Waals surface area contributed by atoms with Crippen molar-refractivity contribution in [3.05, 3.63) is 35.9 Å². The SMILES string of the molecule is CC1(C)CC(N[C@H](CO)Cc2ccccc2)C(C)(C)O1. The normalized spacial score (nSPS) is 25.6. The van der Waals surface area contributed by atoms with Crippen LogP contribution in [0.2, 0.25) is 0 Å². The molecule has 2 N–H and O–H groups in total. The van der Waals surface area contributed by atoms with E-state index in [4.69, 9.17) is 4.74 Å². The highest BCUT2D eigenvalue weighted by molar-refractivity contribution is 5.16. The monoisotopic (exact) mass is 277 g/mol. The Hall–Kier alpha value is -0.900. The first-order valence-corrected chi connectivity index (χ1v) is 7.43. The second-order valence-corrected chi connectivity index (χ2v) is 6.96. The molecule has 112 valence electrons. The fraction of sp³-hybridized carbons (Fsp3) is 0.647. The highest BCUT2D eigenvalue weighted by Crippen LogP contribution is 2.37. The minimum absolute atomic E-state index is 0.0687. The lowest BCUT2D eigenvalue weighted by Crippen LogP contribution is -2.50. The minimum Gasteiger partial charge on any atom is -0.395 e. The molecule has 1 fully saturated rings. The summed E-state index contributed by atoms with van der Waals surface area (Å²) in [5.41, 5.74) is 0.941. The van der Waals surface area contributed by atoms with Crippen LogP contribution in [0.15, 0.2) is 30.3 Å². The van der Waals surface area contributed by atoms with Crippen molar-refractivity contribution < 1.29 is 9.84 Å². The van der Waals surface area contributed by atoms with Gasteiger partial charge in [-0.25, -0.2) is 0 Å². The van der Waals surface area contributed by atoms with Crippen molar-refractivity contribution in [3.63, 3.8) is 0 Å². The predicted molar refractivity (Wildman–Crippen MR) is 81.8 cm³/mol. The minimum atomic E-state index is -0.201. The van der Waals surface area contributed by atoms with Gasteiger partial charge in [0.25, 0.3) is 0 Å². The van der Waals surface area contributed by atoms with E-state index in [2.05, 4.69) is 45.1 Å². The summed E-state index contributed by atoms with van der Waals surface area (Å²) in [4.78, 5) is 0. The maximum Gasteiger partial charge on any atom is 0.0787 e. The van der Waals surface area contributed by atoms with Crippen molar-refractivity contribution in [1.82, 2.24) is 5.32 Å². The van der Waals surface area contributed by atoms with E-state index in [-0.39, 0.29) is 29.9 Å². The van der Waals surface area contributed by atoms with Crippen molar-refractivity contribution in [1.29, 1.82) is 0 Å². The summed E-state index contributed by atoms with van der Waals surface area (Å²) in [5, 5.41) is 13.2. The molecule has 0 radical (unpaired) electrons. The molecule has 0 aromatic heterocycles. The van der Waals surface area contributed by atoms with Gasteiger partial charge in [0, 0.05) is 12.1 Å². The van der Waals surface area contributed by atoms with Gasteiger partial charge < -0.3 is 15.2 Å². The van der Waals surface area contributed by atoms with Gasteiger partial charge in [-0.15, -0.1) is 0 Å². The molecule has 1 saturated heterocycles. The molecule has 3 nitrogen and oxygen atoms in total. The maximum atomic E-state index is 9.64. The number of rotatable bonds is 5. The van der Waals surface area contributed by atoms with Gasteiger partial charge >= 0.3 is 0 Å². The first-order chi connectivity index (χ1) is 9.32. The van der Waals surface area contributed by atoms with Crippen LogP contribution in [0.4, 0.5) is 0 Å². The Bertz CT molecular complexity index is 428. The molecule has 2 atom stereocenters. The van der Waals surface area contributed by atoms with Crippen LogP contribution in [0.3, 0.4) is 0 Å². The van der Waals surface area contributed by atoms with Gasteiger partial charge in [0.15, 0.2) is 0 Å². The Balaban J connectivity index is 2.00. The summed E-state index contributed by atoms with van der Waals surface area (Å²) in [6, 6.07) is 10.6. The summed E-state index contributed by atoms with van der Waals surface area (Å²) < 4.78 is 6.10. The summed E-state index contributed by atoms with van der Waals surface area (Å²) in [5.74, 6) is 0. The Kier molecular flexibility index (Phi) is 4.52. The lowest BCUT2D eigenvalue weighted by Gasteiger charge is -2.30. The zero-order chi connectivity index (χ0) is 14.8. The summed E-state index contributed by atoms with van der Waals surface area (Å²) in [6.07, 6.45) is 1.80. The van der Waals surface area contributed by atoms with Gasteiger partial charge in [-0.3, -0.25) is 0 Å². The van der Waals surface area contributed by atoms with Crippen LogP contribution in [0.25, 0.3) is 0 Å². The third-order valence-corrected chi connectivity index (χ3v) is 4.06. The van der Waals surface area contributed by atoms with Crippen LogP contribution < -0.4 is 5.32 Å². The highest BCUT2D eigenvalue weighted by atomic mass is 16.5. The third-order valence-electron chi connectivity index (χ3n) is 4.06. The fourth-order valence-corrected chi connectivity index (χ4v) is 3.18. The van der Waals surface area contributed by atoms with E-state index < -0.39 is 0 Å². The molecular weight excluding hydrogens is 250 g/mol. The molecule has 1 aromatic carbocycles. The van der Waals surface area contributed by atoms with Crippen LogP contribution in [-0.4, -0.2) is 35.0 Å². The molecule has 1 aromatic rings. The zero-order valence-electron chi connectivity index (χ0n) is 13.0. The predicted octanol–water partition coefficient (Wildman–Crippen LogP) is 2.53. The van der Waals surface area contributed by atoms with E-state index in [1.54, 1.807) is 0 Å². The molecule has 0 amide bonds. The van der Waals surface area contributed by atoms with Gasteiger partial charge in [-0.1, -0.05) is 30.3 Å². The maximum absolute atomic E-state index is 9.64. The number of hydrogen-bond acceptors (Lipinski definition) is 3. The van der Waals surface area contributed by atoms with Gasteiger partial charge in [-0.2, -0.15) is 0 Å². The summed E-state index contributed by atoms with van der Waals surface area (Å²) in [6.45, 7) is 8.64. The smallest absolute Gasteiger partial charge is 0.0787 e. The largest absolute Gasteiger partial charge is 0.395 e. The molecule has 20 heavy (non-hydrogen) atoms. The van der Waals surface area contributed by atoms with E-state index in [1.807, 2.05) is 18.2 Å². The first kappa shape index (κ1) is 15.5. The summed E-state index contributed by atoms with van der Waals surface area (Å²) >= 11 is 0. The second-order valence-electron chi connectivity index (χ2n) is 6.96. The van der Waals surface area contributed by atoms with Crippen LogP contribution in [0.5, 0.6) is 0 Å². The van der Waals surface area contributed by atoms with Gasteiger partial charge in [0.05, 0.1) is 17.8 Å². The molecule has 1 aliphatic rings. The molecule has 2 rings (SSSR count). The fourth-order valence-electron chi connectivity index (χ4n) is 3.18. The third kappa shape index (κ3) is 3.81. The molecule has 0 aliphatic carbocycles. The van der Waals surface area contributed by atoms with Crippen LogP contribution >= 0.6 is 0 Å². The Morgan fingerprint density at radius 3 is 2.40 bits per heavy atom. The van der Waals surface area contributed by atoms with Crippen LogP contribution in [-0.2, 0) is 11.2 Å². The molecule has 3 heteroatoms. The second kappa shape index (κ2) is 5.84. The first-order valence-electron chi connectivity index (χ1n) is 7.43. The lowest BCUT2D eigenvalue weighted by atomic mass is 9.93. The van der Waals surface area contributed by atoms with Gasteiger partial charge in [0.1, 0.15) is 0 Å². The molecule has 0 bridgehead atoms. The molecule has 0 saturated carbocycles. The molecular formula is C17H27NO2. The molecule has 0 spiro atoms. The number of hydrogen-bond donors (Lipinski definition) is 2. The molecule has 1 aliphatic heterocycles. The molecule has 1 heterocycles. The number of benzene rings is 1. The van der Waals surface area contributed by atoms with Crippen LogP contribution in [0.1, 0.15) is 39.7 Å². The zero-order valence-corrected chi connectivity index (χ0v) is 13.0. The number of nitrogens with one attached hydrogen (secondary N) is 1. The lowest BCUT2D eigenvalue weighted by molar-refractivity contribution is -0.0707. The average molecular weight is 277 g/mol. The van der Waals surface area contributed by atoms with Crippen LogP contribution in [0, 0.1) is 0 Å². The Morgan fingerprint density at radius 1 is 1.25 bits per heavy atom. The summed E-state index contributed by atoms with van der Waals surface area (Å²) in [7, 11) is 0. The number of aliphatic hydroxyl groups excluding tert-OH is 1. The van der Waals surface area contributed by atoms with E-state index in [0.717, 1.165) is 12.8 Å². The van der Waals surface area contributed by atoms with Crippen molar-refractivity contribution in [2.45, 2.75) is 63.8 Å². The van der Waals surface area contributed by atoms with E-state index in [0.29, 0.717) is 0 Å². The van der Waals surface area contributed by atoms with E-state index >= 15 is 0 Å². The Labute approximate surface area is 122 Å². The van der Waals surface area contributed by atoms with Crippen molar-refractivity contribution >= 4 is 0 Å². The van der Waals surface area contributed by atoms with Crippen molar-refractivity contribution in [2.75, 3.05) is 6.61 Å². The highest BCUT2D eigenvalue weighted by Gasteiger charge is 2.46. The van der Waals surface area contributed by atoms with Crippen molar-refractivity contribution in [2.24, 2.45) is 0 Å². The van der Waals surface area contributed by atoms with E-state index in [9.17, 15) is 5.11 Å². The van der Waals surface area contributed by atoms with Gasteiger partial charge in [-0.05, 0) is 46.1 Å². The van der Waals surface area contributed by atoms with Gasteiger partial charge in [0.2, 0.25) is 0 Å². The standard InChI is InChI=1S/C17H27NO2/c1-16(2)11-15(17(3,4)20-16)18-14(12-19)10-13-8-6-5-7-9-13/h5-9,14-15,18-19H,10-12H2,1-4H3/t14-,15?/m0/s1. The average Bonchev–Trinajstić information content (AvgIpc) is 2.57. The molecule has 1 unspecified atom stereocenters. The number of aliphatic hydroxyl groups is 1. The van der Waals surface area contributed by atoms with Crippen molar-refractivity contribution in [3.8, 4) is 0 Å². The quantitative estimate of drug-likeness (QED) is 0.869. The number of ether oxygens (including phenoxy) is 1.